The van der Waals surface area contributed by atoms with Gasteiger partial charge in [-0.15, -0.1) is 0 Å². The van der Waals surface area contributed by atoms with E-state index in [-0.39, 0.29) is 0 Å². The van der Waals surface area contributed by atoms with E-state index in [0.717, 1.165) is 11.9 Å². The summed E-state index contributed by atoms with van der Waals surface area (Å²) in [6.07, 6.45) is 1.79. The van der Waals surface area contributed by atoms with Crippen molar-refractivity contribution in [3.8, 4) is 0 Å². The molecule has 2 aromatic rings. The lowest BCUT2D eigenvalue weighted by molar-refractivity contribution is -0.192. The van der Waals surface area contributed by atoms with Crippen LogP contribution in [0.4, 0.5) is 19.0 Å². The van der Waals surface area contributed by atoms with Crippen LogP contribution >= 0.6 is 0 Å². The minimum absolute atomic E-state index is 0.583. The maximum atomic E-state index is 10.6. The van der Waals surface area contributed by atoms with Crippen LogP contribution in [0, 0.1) is 5.92 Å². The van der Waals surface area contributed by atoms with E-state index < -0.39 is 12.1 Å². The third kappa shape index (κ3) is 4.44. The number of nitrogens with zero attached hydrogens (tertiary/aromatic N) is 3. The van der Waals surface area contributed by atoms with Crippen molar-refractivity contribution >= 4 is 22.7 Å². The first-order valence-electron chi connectivity index (χ1n) is 8.42. The maximum absolute atomic E-state index is 10.6. The minimum Gasteiger partial charge on any atom is -0.475 e. The highest BCUT2D eigenvalue weighted by molar-refractivity contribution is 5.90. The number of alkyl halides is 3. The summed E-state index contributed by atoms with van der Waals surface area (Å²) in [5.74, 6) is -0.851. The van der Waals surface area contributed by atoms with Crippen LogP contribution in [-0.2, 0) is 18.3 Å². The fourth-order valence-electron chi connectivity index (χ4n) is 3.40. The van der Waals surface area contributed by atoms with Crippen molar-refractivity contribution in [1.82, 2.24) is 14.8 Å². The van der Waals surface area contributed by atoms with E-state index in [2.05, 4.69) is 30.1 Å². The zero-order valence-corrected chi connectivity index (χ0v) is 15.0. The molecule has 9 heteroatoms. The van der Waals surface area contributed by atoms with Crippen molar-refractivity contribution in [3.63, 3.8) is 0 Å². The van der Waals surface area contributed by atoms with Crippen LogP contribution < -0.4 is 5.73 Å². The molecule has 6 nitrogen and oxygen atoms in total. The molecule has 0 fully saturated rings. The largest absolute Gasteiger partial charge is 0.490 e. The highest BCUT2D eigenvalue weighted by Gasteiger charge is 2.38. The van der Waals surface area contributed by atoms with Crippen LogP contribution in [-0.4, -0.2) is 32.0 Å². The van der Waals surface area contributed by atoms with Gasteiger partial charge in [0.1, 0.15) is 5.52 Å². The second kappa shape index (κ2) is 7.51. The van der Waals surface area contributed by atoms with Gasteiger partial charge in [-0.2, -0.15) is 18.3 Å². The number of carbonyl (C=O) groups is 1. The second-order valence-electron chi connectivity index (χ2n) is 6.94. The summed E-state index contributed by atoms with van der Waals surface area (Å²) < 4.78 is 33.6. The number of anilines is 1. The Morgan fingerprint density at radius 1 is 1.46 bits per heavy atom. The fourth-order valence-corrected chi connectivity index (χ4v) is 3.40. The van der Waals surface area contributed by atoms with Crippen molar-refractivity contribution < 1.29 is 23.1 Å². The van der Waals surface area contributed by atoms with Crippen LogP contribution in [0.2, 0.25) is 0 Å². The van der Waals surface area contributed by atoms with Gasteiger partial charge in [-0.1, -0.05) is 13.8 Å². The molecule has 2 heterocycles. The molecule has 26 heavy (non-hydrogen) atoms. The number of fused-ring (bicyclic) bond motifs is 3. The fraction of sp³-hybridized carbons (Fsp3) is 0.588. The number of nitrogens with two attached hydrogens (primary N) is 1. The number of carboxylic acids is 1. The van der Waals surface area contributed by atoms with E-state index in [1.807, 2.05) is 11.7 Å². The summed E-state index contributed by atoms with van der Waals surface area (Å²) in [6, 6.07) is 0. The maximum Gasteiger partial charge on any atom is 0.490 e. The van der Waals surface area contributed by atoms with E-state index >= 15 is 0 Å². The van der Waals surface area contributed by atoms with Gasteiger partial charge >= 0.3 is 12.1 Å². The smallest absolute Gasteiger partial charge is 0.475 e. The van der Waals surface area contributed by atoms with E-state index in [4.69, 9.17) is 15.6 Å². The zero-order chi connectivity index (χ0) is 19.6. The molecule has 144 valence electrons. The predicted molar refractivity (Wildman–Crippen MR) is 91.7 cm³/mol. The number of hydrogen-bond donors (Lipinski definition) is 2. The van der Waals surface area contributed by atoms with Crippen LogP contribution in [0.15, 0.2) is 6.20 Å². The summed E-state index contributed by atoms with van der Waals surface area (Å²) >= 11 is 0. The van der Waals surface area contributed by atoms with E-state index in [9.17, 15) is 13.2 Å². The van der Waals surface area contributed by atoms with Crippen LogP contribution in [0.3, 0.4) is 0 Å². The molecule has 3 rings (SSSR count). The first kappa shape index (κ1) is 20.0. The summed E-state index contributed by atoms with van der Waals surface area (Å²) in [5.41, 5.74) is 9.54. The Labute approximate surface area is 149 Å². The number of hydrogen-bond acceptors (Lipinski definition) is 4. The third-order valence-corrected chi connectivity index (χ3v) is 4.30. The molecule has 0 saturated heterocycles. The van der Waals surface area contributed by atoms with Gasteiger partial charge in [-0.25, -0.2) is 9.78 Å². The monoisotopic (exact) mass is 372 g/mol. The number of nitrogen functional groups attached to an aromatic ring is 1. The standard InChI is InChI=1S/C15H22N4.C2HF3O2/c1-9(2)7-10-5-4-6-12-13(10)11-8-19(3)18-14(11)15(16)17-12;3-2(4,5)1(6)7/h8-10H,4-7H2,1-3H3,(H2,16,17);(H,6,7). The molecule has 0 bridgehead atoms. The average Bonchev–Trinajstić information content (AvgIpc) is 2.88. The molecular formula is C17H23F3N4O2. The molecule has 0 radical (unpaired) electrons. The van der Waals surface area contributed by atoms with Crippen LogP contribution in [0.1, 0.15) is 50.3 Å². The zero-order valence-electron chi connectivity index (χ0n) is 15.0. The van der Waals surface area contributed by atoms with Crippen molar-refractivity contribution in [1.29, 1.82) is 0 Å². The molecular weight excluding hydrogens is 349 g/mol. The van der Waals surface area contributed by atoms with Gasteiger partial charge in [0.15, 0.2) is 5.82 Å². The molecule has 1 aliphatic carbocycles. The minimum atomic E-state index is -5.08. The highest BCUT2D eigenvalue weighted by Crippen LogP contribution is 2.40. The summed E-state index contributed by atoms with van der Waals surface area (Å²) in [7, 11) is 1.95. The molecule has 0 aromatic carbocycles. The molecule has 1 aliphatic rings. The lowest BCUT2D eigenvalue weighted by atomic mass is 9.79. The van der Waals surface area contributed by atoms with Crippen molar-refractivity contribution in [2.75, 3.05) is 5.73 Å². The second-order valence-corrected chi connectivity index (χ2v) is 6.94. The van der Waals surface area contributed by atoms with Crippen molar-refractivity contribution in [3.05, 3.63) is 17.5 Å². The van der Waals surface area contributed by atoms with E-state index in [0.29, 0.717) is 17.7 Å². The van der Waals surface area contributed by atoms with Gasteiger partial charge in [0.2, 0.25) is 0 Å². The summed E-state index contributed by atoms with van der Waals surface area (Å²) in [4.78, 5) is 13.5. The lowest BCUT2D eigenvalue weighted by Gasteiger charge is -2.27. The van der Waals surface area contributed by atoms with E-state index in [1.54, 1.807) is 0 Å². The molecule has 0 saturated carbocycles. The highest BCUT2D eigenvalue weighted by atomic mass is 19.4. The van der Waals surface area contributed by atoms with Gasteiger partial charge in [0, 0.05) is 24.3 Å². The Morgan fingerprint density at radius 3 is 2.62 bits per heavy atom. The number of carboxylic acid groups (broad SMARTS) is 1. The number of rotatable bonds is 2. The van der Waals surface area contributed by atoms with Gasteiger partial charge in [-0.3, -0.25) is 4.68 Å². The van der Waals surface area contributed by atoms with Crippen LogP contribution in [0.25, 0.3) is 10.9 Å². The number of halogens is 3. The average molecular weight is 372 g/mol. The molecule has 1 atom stereocenters. The Bertz CT molecular complexity index is 799. The first-order chi connectivity index (χ1) is 12.0. The van der Waals surface area contributed by atoms with Gasteiger partial charge in [0.25, 0.3) is 0 Å². The van der Waals surface area contributed by atoms with Gasteiger partial charge in [0.05, 0.1) is 0 Å². The lowest BCUT2D eigenvalue weighted by Crippen LogP contribution is -2.21. The van der Waals surface area contributed by atoms with Crippen LogP contribution in [0.5, 0.6) is 0 Å². The third-order valence-electron chi connectivity index (χ3n) is 4.30. The quantitative estimate of drug-likeness (QED) is 0.839. The van der Waals surface area contributed by atoms with Crippen molar-refractivity contribution in [2.24, 2.45) is 13.0 Å². The first-order valence-corrected chi connectivity index (χ1v) is 8.42. The molecule has 3 N–H and O–H groups in total. The Morgan fingerprint density at radius 2 is 2.08 bits per heavy atom. The summed E-state index contributed by atoms with van der Waals surface area (Å²) in [6.45, 7) is 4.58. The number of aryl methyl sites for hydroxylation is 2. The Kier molecular flexibility index (Phi) is 5.77. The topological polar surface area (TPSA) is 94.0 Å². The normalized spacial score (nSPS) is 17.0. The Hall–Kier alpha value is -2.32. The van der Waals surface area contributed by atoms with Gasteiger partial charge < -0.3 is 10.8 Å². The summed E-state index contributed by atoms with van der Waals surface area (Å²) in [5, 5.41) is 12.8. The molecule has 0 amide bonds. The SMILES string of the molecule is CC(C)CC1CCCc2nc(N)c3nn(C)cc3c21.O=C(O)C(F)(F)F. The van der Waals surface area contributed by atoms with Crippen molar-refractivity contribution in [2.45, 2.75) is 51.6 Å². The molecule has 2 aromatic heterocycles. The predicted octanol–water partition coefficient (Wildman–Crippen LogP) is 3.65. The molecule has 0 spiro atoms. The molecule has 0 aliphatic heterocycles. The molecule has 1 unspecified atom stereocenters. The number of pyridine rings is 1. The number of aliphatic carboxylic acids is 1. The van der Waals surface area contributed by atoms with E-state index in [1.165, 1.54) is 35.9 Å². The Balaban J connectivity index is 0.000000298. The number of aromatic nitrogens is 3. The van der Waals surface area contributed by atoms with Gasteiger partial charge in [-0.05, 0) is 43.1 Å².